The number of ketones is 1. The third-order valence-corrected chi connectivity index (χ3v) is 6.88. The summed E-state index contributed by atoms with van der Waals surface area (Å²) in [7, 11) is 0. The van der Waals surface area contributed by atoms with Crippen LogP contribution in [-0.2, 0) is 0 Å². The number of hydrogen-bond acceptors (Lipinski definition) is 1. The van der Waals surface area contributed by atoms with E-state index >= 15 is 0 Å². The van der Waals surface area contributed by atoms with Crippen LogP contribution in [0.25, 0.3) is 32.3 Å². The van der Waals surface area contributed by atoms with Gasteiger partial charge < -0.3 is 0 Å². The van der Waals surface area contributed by atoms with Crippen molar-refractivity contribution < 1.29 is 4.79 Å². The Morgan fingerprint density at radius 3 is 2.27 bits per heavy atom. The highest BCUT2D eigenvalue weighted by molar-refractivity contribution is 6.36. The number of benzene rings is 5. The van der Waals surface area contributed by atoms with Gasteiger partial charge in [0.2, 0.25) is 0 Å². The van der Waals surface area contributed by atoms with Gasteiger partial charge in [-0.15, -0.1) is 0 Å². The zero-order chi connectivity index (χ0) is 20.2. The average Bonchev–Trinajstić information content (AvgIpc) is 2.79. The van der Waals surface area contributed by atoms with Gasteiger partial charge in [0.05, 0.1) is 0 Å². The lowest BCUT2D eigenvalue weighted by Gasteiger charge is -2.27. The first-order valence-corrected chi connectivity index (χ1v) is 10.7. The Hall–Kier alpha value is -3.16. The molecule has 2 heteroatoms. The number of hydrogen-bond donors (Lipinski definition) is 0. The summed E-state index contributed by atoms with van der Waals surface area (Å²) < 4.78 is 0. The van der Waals surface area contributed by atoms with E-state index in [2.05, 4.69) is 72.8 Å². The first kappa shape index (κ1) is 17.7. The van der Waals surface area contributed by atoms with Crippen LogP contribution in [0.15, 0.2) is 84.9 Å². The first-order valence-electron chi connectivity index (χ1n) is 10.4. The molecule has 0 saturated carbocycles. The van der Waals surface area contributed by atoms with Gasteiger partial charge in [-0.25, -0.2) is 0 Å². The molecule has 0 heterocycles. The van der Waals surface area contributed by atoms with Crippen molar-refractivity contribution in [3.8, 4) is 0 Å². The minimum absolute atomic E-state index is 0.225. The molecule has 6 rings (SSSR count). The predicted molar refractivity (Wildman–Crippen MR) is 126 cm³/mol. The third-order valence-electron chi connectivity index (χ3n) is 6.55. The van der Waals surface area contributed by atoms with Gasteiger partial charge in [-0.05, 0) is 50.5 Å². The molecule has 1 atom stereocenters. The van der Waals surface area contributed by atoms with Crippen LogP contribution >= 0.6 is 11.6 Å². The van der Waals surface area contributed by atoms with Crippen molar-refractivity contribution in [3.63, 3.8) is 0 Å². The maximum Gasteiger partial charge on any atom is 0.163 e. The number of fused-ring (bicyclic) bond motifs is 6. The van der Waals surface area contributed by atoms with Crippen molar-refractivity contribution in [2.75, 3.05) is 0 Å². The number of Topliss-reactive ketones (excluding diaryl/α,β-unsaturated/α-hetero) is 1. The quantitative estimate of drug-likeness (QED) is 0.258. The normalized spacial score (nSPS) is 16.3. The van der Waals surface area contributed by atoms with Crippen molar-refractivity contribution in [1.82, 2.24) is 0 Å². The monoisotopic (exact) mass is 406 g/mol. The maximum atomic E-state index is 13.1. The van der Waals surface area contributed by atoms with E-state index in [1.165, 1.54) is 16.3 Å². The lowest BCUT2D eigenvalue weighted by Crippen LogP contribution is -2.17. The van der Waals surface area contributed by atoms with Crippen molar-refractivity contribution in [2.24, 2.45) is 0 Å². The highest BCUT2D eigenvalue weighted by atomic mass is 35.5. The van der Waals surface area contributed by atoms with E-state index < -0.39 is 0 Å². The average molecular weight is 407 g/mol. The number of carbonyl (C=O) groups excluding carboxylic acids is 1. The van der Waals surface area contributed by atoms with Crippen LogP contribution in [0.5, 0.6) is 0 Å². The van der Waals surface area contributed by atoms with Crippen molar-refractivity contribution in [2.45, 2.75) is 18.8 Å². The minimum atomic E-state index is 0.225. The summed E-state index contributed by atoms with van der Waals surface area (Å²) in [5.41, 5.74) is 3.35. The van der Waals surface area contributed by atoms with Gasteiger partial charge in [0.15, 0.2) is 5.78 Å². The van der Waals surface area contributed by atoms with Crippen LogP contribution in [0, 0.1) is 0 Å². The predicted octanol–water partition coefficient (Wildman–Crippen LogP) is 7.91. The van der Waals surface area contributed by atoms with Crippen LogP contribution in [0.3, 0.4) is 0 Å². The van der Waals surface area contributed by atoms with Crippen molar-refractivity contribution in [3.05, 3.63) is 107 Å². The third kappa shape index (κ3) is 2.52. The van der Waals surface area contributed by atoms with E-state index in [9.17, 15) is 4.79 Å². The van der Waals surface area contributed by atoms with Crippen LogP contribution in [0.4, 0.5) is 0 Å². The van der Waals surface area contributed by atoms with Gasteiger partial charge in [-0.3, -0.25) is 4.79 Å². The van der Waals surface area contributed by atoms with Gasteiger partial charge in [-0.2, -0.15) is 0 Å². The van der Waals surface area contributed by atoms with Gasteiger partial charge >= 0.3 is 0 Å². The number of halogens is 1. The van der Waals surface area contributed by atoms with Crippen LogP contribution in [-0.4, -0.2) is 5.78 Å². The molecule has 0 bridgehead atoms. The molecular formula is C28H19ClO. The fourth-order valence-electron chi connectivity index (χ4n) is 5.19. The molecule has 1 aliphatic rings. The molecule has 0 saturated heterocycles. The van der Waals surface area contributed by atoms with E-state index in [4.69, 9.17) is 11.6 Å². The summed E-state index contributed by atoms with van der Waals surface area (Å²) in [5.74, 6) is 0.469. The molecule has 0 radical (unpaired) electrons. The second-order valence-corrected chi connectivity index (χ2v) is 8.52. The van der Waals surface area contributed by atoms with Crippen LogP contribution in [0.2, 0.25) is 5.02 Å². The van der Waals surface area contributed by atoms with Gasteiger partial charge in [0.1, 0.15) is 0 Å². The molecule has 144 valence electrons. The van der Waals surface area contributed by atoms with E-state index in [1.54, 1.807) is 0 Å². The molecule has 1 aliphatic carbocycles. The lowest BCUT2D eigenvalue weighted by molar-refractivity contribution is 0.0971. The molecule has 1 unspecified atom stereocenters. The van der Waals surface area contributed by atoms with E-state index in [0.29, 0.717) is 6.42 Å². The van der Waals surface area contributed by atoms with Gasteiger partial charge in [0.25, 0.3) is 0 Å². The molecule has 0 spiro atoms. The topological polar surface area (TPSA) is 17.1 Å². The van der Waals surface area contributed by atoms with Crippen LogP contribution in [0.1, 0.15) is 40.2 Å². The summed E-state index contributed by atoms with van der Waals surface area (Å²) in [6, 6.07) is 29.5. The molecule has 0 aliphatic heterocycles. The molecule has 30 heavy (non-hydrogen) atoms. The summed E-state index contributed by atoms with van der Waals surface area (Å²) in [6.45, 7) is 0. The van der Waals surface area contributed by atoms with Crippen molar-refractivity contribution >= 4 is 49.7 Å². The molecule has 1 nitrogen and oxygen atoms in total. The molecule has 5 aromatic rings. The fraction of sp³-hybridized carbons (Fsp3) is 0.107. The molecule has 0 N–H and O–H groups in total. The van der Waals surface area contributed by atoms with Crippen molar-refractivity contribution in [1.29, 1.82) is 0 Å². The van der Waals surface area contributed by atoms with Gasteiger partial charge in [-0.1, -0.05) is 90.5 Å². The lowest BCUT2D eigenvalue weighted by atomic mass is 9.75. The maximum absolute atomic E-state index is 13.1. The molecule has 0 amide bonds. The largest absolute Gasteiger partial charge is 0.294 e. The number of rotatable bonds is 1. The fourth-order valence-corrected chi connectivity index (χ4v) is 5.42. The molecule has 0 aromatic heterocycles. The standard InChI is InChI=1S/C28H19ClO/c29-26-10-4-9-20-21-11-13-24-22(19-8-3-6-17-5-1-2-7-18(17)19)15-16-27(30)28(24)25(21)14-12-23(20)26/h1-14,22H,15-16H2. The van der Waals surface area contributed by atoms with Gasteiger partial charge in [0, 0.05) is 28.3 Å². The first-order chi connectivity index (χ1) is 14.7. The Labute approximate surface area is 179 Å². The Bertz CT molecular complexity index is 1480. The highest BCUT2D eigenvalue weighted by Gasteiger charge is 2.29. The van der Waals surface area contributed by atoms with E-state index in [1.807, 2.05) is 12.1 Å². The van der Waals surface area contributed by atoms with E-state index in [-0.39, 0.29) is 11.7 Å². The van der Waals surface area contributed by atoms with Crippen LogP contribution < -0.4 is 0 Å². The molecule has 0 fully saturated rings. The highest BCUT2D eigenvalue weighted by Crippen LogP contribution is 2.43. The summed E-state index contributed by atoms with van der Waals surface area (Å²) in [5, 5.41) is 7.53. The molecular weight excluding hydrogens is 388 g/mol. The summed E-state index contributed by atoms with van der Waals surface area (Å²) in [4.78, 5) is 13.1. The zero-order valence-corrected chi connectivity index (χ0v) is 17.1. The Morgan fingerprint density at radius 2 is 1.33 bits per heavy atom. The van der Waals surface area contributed by atoms with E-state index in [0.717, 1.165) is 44.1 Å². The smallest absolute Gasteiger partial charge is 0.163 e. The summed E-state index contributed by atoms with van der Waals surface area (Å²) >= 11 is 6.42. The Kier molecular flexibility index (Phi) is 3.94. The zero-order valence-electron chi connectivity index (χ0n) is 16.4. The minimum Gasteiger partial charge on any atom is -0.294 e. The summed E-state index contributed by atoms with van der Waals surface area (Å²) in [6.07, 6.45) is 1.43. The SMILES string of the molecule is O=C1CCC(c2cccc3ccccc23)c2ccc3c(ccc4c(Cl)cccc43)c21. The Balaban J connectivity index is 1.65. The second kappa shape index (κ2) is 6.68. The number of carbonyl (C=O) groups is 1. The Morgan fingerprint density at radius 1 is 0.633 bits per heavy atom. The second-order valence-electron chi connectivity index (χ2n) is 8.11. The molecule has 5 aromatic carbocycles.